The monoisotopic (exact) mass is 343 g/mol. The van der Waals surface area contributed by atoms with Gasteiger partial charge < -0.3 is 4.74 Å². The van der Waals surface area contributed by atoms with Gasteiger partial charge in [0.1, 0.15) is 9.71 Å². The Balaban J connectivity index is 1.95. The fourth-order valence-corrected chi connectivity index (χ4v) is 3.84. The fraction of sp³-hybridized carbons (Fsp3) is 0.118. The molecule has 0 saturated heterocycles. The molecule has 0 spiro atoms. The van der Waals surface area contributed by atoms with Crippen LogP contribution in [0.15, 0.2) is 35.2 Å². The van der Waals surface area contributed by atoms with E-state index in [0.717, 1.165) is 21.3 Å². The largest absolute Gasteiger partial charge is 0.465 e. The van der Waals surface area contributed by atoms with Gasteiger partial charge >= 0.3 is 5.97 Å². The molecule has 0 radical (unpaired) electrons. The molecule has 116 valence electrons. The van der Waals surface area contributed by atoms with Gasteiger partial charge in [-0.3, -0.25) is 4.79 Å². The lowest BCUT2D eigenvalue weighted by molar-refractivity contribution is 0.0605. The van der Waals surface area contributed by atoms with E-state index >= 15 is 0 Å². The zero-order chi connectivity index (χ0) is 16.4. The summed E-state index contributed by atoms with van der Waals surface area (Å²) in [5.41, 5.74) is 2.29. The first-order valence-electron chi connectivity index (χ1n) is 6.82. The number of pyridine rings is 1. The summed E-state index contributed by atoms with van der Waals surface area (Å²) in [6.45, 7) is 1.84. The van der Waals surface area contributed by atoms with Gasteiger partial charge in [-0.25, -0.2) is 9.78 Å². The number of carbonyl (C=O) groups excluding carboxylic acids is 2. The summed E-state index contributed by atoms with van der Waals surface area (Å²) < 4.78 is 4.77. The zero-order valence-electron chi connectivity index (χ0n) is 12.5. The minimum Gasteiger partial charge on any atom is -0.465 e. The molecule has 0 amide bonds. The van der Waals surface area contributed by atoms with E-state index in [1.165, 1.54) is 24.5 Å². The van der Waals surface area contributed by atoms with Gasteiger partial charge in [-0.1, -0.05) is 6.08 Å². The van der Waals surface area contributed by atoms with Crippen molar-refractivity contribution in [3.8, 4) is 0 Å². The van der Waals surface area contributed by atoms with Crippen molar-refractivity contribution in [2.24, 2.45) is 0 Å². The van der Waals surface area contributed by atoms with E-state index in [4.69, 9.17) is 4.74 Å². The molecular weight excluding hydrogens is 330 g/mol. The van der Waals surface area contributed by atoms with Crippen LogP contribution in [0.5, 0.6) is 0 Å². The van der Waals surface area contributed by atoms with E-state index in [9.17, 15) is 9.59 Å². The van der Waals surface area contributed by atoms with Crippen LogP contribution in [-0.2, 0) is 4.74 Å². The molecule has 0 N–H and O–H groups in total. The molecule has 0 unspecified atom stereocenters. The van der Waals surface area contributed by atoms with Crippen molar-refractivity contribution in [1.29, 1.82) is 0 Å². The van der Waals surface area contributed by atoms with Gasteiger partial charge in [-0.2, -0.15) is 11.3 Å². The maximum Gasteiger partial charge on any atom is 0.348 e. The molecule has 0 aliphatic heterocycles. The highest BCUT2D eigenvalue weighted by atomic mass is 32.1. The quantitative estimate of drug-likeness (QED) is 0.401. The average Bonchev–Trinajstić information content (AvgIpc) is 3.20. The smallest absolute Gasteiger partial charge is 0.348 e. The summed E-state index contributed by atoms with van der Waals surface area (Å²) in [6.07, 6.45) is 4.86. The van der Waals surface area contributed by atoms with E-state index in [2.05, 4.69) is 4.98 Å². The number of hydrogen-bond acceptors (Lipinski definition) is 6. The Morgan fingerprint density at radius 1 is 1.35 bits per heavy atom. The average molecular weight is 343 g/mol. The number of fused-ring (bicyclic) bond motifs is 1. The summed E-state index contributed by atoms with van der Waals surface area (Å²) in [7, 11) is 1.35. The lowest BCUT2D eigenvalue weighted by Gasteiger charge is -1.98. The van der Waals surface area contributed by atoms with Crippen LogP contribution in [0.3, 0.4) is 0 Å². The number of aromatic nitrogens is 1. The maximum absolute atomic E-state index is 12.3. The molecule has 0 fully saturated rings. The van der Waals surface area contributed by atoms with E-state index in [1.54, 1.807) is 29.7 Å². The molecule has 0 saturated carbocycles. The summed E-state index contributed by atoms with van der Waals surface area (Å²) in [5.74, 6) is -0.494. The van der Waals surface area contributed by atoms with Crippen molar-refractivity contribution in [2.75, 3.05) is 7.11 Å². The highest BCUT2D eigenvalue weighted by molar-refractivity contribution is 7.20. The molecule has 6 heteroatoms. The van der Waals surface area contributed by atoms with Crippen molar-refractivity contribution in [2.45, 2.75) is 6.92 Å². The molecule has 3 aromatic rings. The minimum atomic E-state index is -0.379. The van der Waals surface area contributed by atoms with E-state index in [1.807, 2.05) is 23.8 Å². The maximum atomic E-state index is 12.3. The van der Waals surface area contributed by atoms with Gasteiger partial charge in [0.25, 0.3) is 0 Å². The predicted octanol–water partition coefficient (Wildman–Crippen LogP) is 4.35. The lowest BCUT2D eigenvalue weighted by atomic mass is 10.1. The number of ketones is 1. The number of thiophene rings is 2. The van der Waals surface area contributed by atoms with Crippen LogP contribution in [0.4, 0.5) is 0 Å². The fourth-order valence-electron chi connectivity index (χ4n) is 2.16. The molecule has 3 rings (SSSR count). The van der Waals surface area contributed by atoms with Crippen LogP contribution in [0, 0.1) is 6.92 Å². The first kappa shape index (κ1) is 15.6. The van der Waals surface area contributed by atoms with E-state index in [0.29, 0.717) is 10.4 Å². The highest BCUT2D eigenvalue weighted by Gasteiger charge is 2.17. The van der Waals surface area contributed by atoms with E-state index < -0.39 is 0 Å². The summed E-state index contributed by atoms with van der Waals surface area (Å²) in [4.78, 5) is 29.6. The molecule has 0 aliphatic rings. The highest BCUT2D eigenvalue weighted by Crippen LogP contribution is 2.30. The van der Waals surface area contributed by atoms with Gasteiger partial charge in [-0.15, -0.1) is 11.3 Å². The van der Waals surface area contributed by atoms with Crippen molar-refractivity contribution < 1.29 is 14.3 Å². The Hall–Kier alpha value is -2.31. The summed E-state index contributed by atoms with van der Waals surface area (Å²) >= 11 is 2.86. The third-order valence-corrected chi connectivity index (χ3v) is 5.32. The van der Waals surface area contributed by atoms with Gasteiger partial charge in [-0.05, 0) is 47.0 Å². The summed E-state index contributed by atoms with van der Waals surface area (Å²) in [5, 5.41) is 4.74. The Morgan fingerprint density at radius 2 is 2.17 bits per heavy atom. The molecule has 0 aliphatic carbocycles. The van der Waals surface area contributed by atoms with Crippen LogP contribution in [0.1, 0.15) is 31.2 Å². The van der Waals surface area contributed by atoms with Crippen LogP contribution in [0.25, 0.3) is 16.3 Å². The number of rotatable bonds is 4. The van der Waals surface area contributed by atoms with Gasteiger partial charge in [0, 0.05) is 17.1 Å². The van der Waals surface area contributed by atoms with Crippen LogP contribution >= 0.6 is 22.7 Å². The molecule has 0 bridgehead atoms. The van der Waals surface area contributed by atoms with Crippen molar-refractivity contribution in [3.05, 3.63) is 56.7 Å². The first-order chi connectivity index (χ1) is 11.1. The van der Waals surface area contributed by atoms with Gasteiger partial charge in [0.2, 0.25) is 0 Å². The lowest BCUT2D eigenvalue weighted by Crippen LogP contribution is -1.99. The Kier molecular flexibility index (Phi) is 4.36. The third kappa shape index (κ3) is 3.09. The Labute approximate surface area is 141 Å². The zero-order valence-corrected chi connectivity index (χ0v) is 14.2. The molecule has 3 aromatic heterocycles. The number of esters is 1. The molecule has 0 atom stereocenters. The van der Waals surface area contributed by atoms with Crippen LogP contribution in [0.2, 0.25) is 0 Å². The number of ether oxygens (including phenoxy) is 1. The van der Waals surface area contributed by atoms with Crippen molar-refractivity contribution in [3.63, 3.8) is 0 Å². The number of aryl methyl sites for hydroxylation is 1. The molecule has 4 nitrogen and oxygen atoms in total. The SMILES string of the molecule is COC(=O)c1sc2ncc(C(=O)/C=C/c3ccsc3)cc2c1C. The number of methoxy groups -OCH3 is 1. The van der Waals surface area contributed by atoms with Crippen molar-refractivity contribution >= 4 is 50.7 Å². The topological polar surface area (TPSA) is 56.3 Å². The third-order valence-electron chi connectivity index (χ3n) is 3.42. The molecule has 23 heavy (non-hydrogen) atoms. The second-order valence-corrected chi connectivity index (χ2v) is 6.66. The number of nitrogens with zero attached hydrogens (tertiary/aromatic N) is 1. The van der Waals surface area contributed by atoms with Crippen LogP contribution in [-0.4, -0.2) is 23.8 Å². The number of hydrogen-bond donors (Lipinski definition) is 0. The van der Waals surface area contributed by atoms with Crippen molar-refractivity contribution in [1.82, 2.24) is 4.98 Å². The number of allylic oxidation sites excluding steroid dienone is 1. The first-order valence-corrected chi connectivity index (χ1v) is 8.58. The Morgan fingerprint density at radius 3 is 2.87 bits per heavy atom. The van der Waals surface area contributed by atoms with Gasteiger partial charge in [0.15, 0.2) is 5.78 Å². The summed E-state index contributed by atoms with van der Waals surface area (Å²) in [6, 6.07) is 3.72. The standard InChI is InChI=1S/C17H13NO3S2/c1-10-13-7-12(14(19)4-3-11-5-6-22-9-11)8-18-16(13)23-15(10)17(20)21-2/h3-9H,1-2H3/b4-3+. The Bertz CT molecular complexity index is 907. The molecular formula is C17H13NO3S2. The second-order valence-electron chi connectivity index (χ2n) is 4.88. The van der Waals surface area contributed by atoms with Gasteiger partial charge in [0.05, 0.1) is 7.11 Å². The number of carbonyl (C=O) groups is 2. The normalized spacial score (nSPS) is 11.2. The minimum absolute atomic E-state index is 0.115. The predicted molar refractivity (Wildman–Crippen MR) is 93.4 cm³/mol. The second kappa shape index (κ2) is 6.44. The molecule has 3 heterocycles. The van der Waals surface area contributed by atoms with Crippen LogP contribution < -0.4 is 0 Å². The molecule has 0 aromatic carbocycles. The van der Waals surface area contributed by atoms with E-state index in [-0.39, 0.29) is 11.8 Å².